The number of hydrogen-bond donors (Lipinski definition) is 1. The molecule has 0 radical (unpaired) electrons. The lowest BCUT2D eigenvalue weighted by Gasteiger charge is -2.37. The summed E-state index contributed by atoms with van der Waals surface area (Å²) in [5.74, 6) is 1.53. The van der Waals surface area contributed by atoms with Gasteiger partial charge >= 0.3 is 0 Å². The maximum atomic E-state index is 12.5. The monoisotopic (exact) mass is 252 g/mol. The van der Waals surface area contributed by atoms with Crippen molar-refractivity contribution in [1.82, 2.24) is 10.2 Å². The van der Waals surface area contributed by atoms with E-state index in [1.165, 1.54) is 32.1 Å². The zero-order valence-electron chi connectivity index (χ0n) is 12.1. The highest BCUT2D eigenvalue weighted by Gasteiger charge is 2.40. The smallest absolute Gasteiger partial charge is 0.241 e. The fourth-order valence-electron chi connectivity index (χ4n) is 3.58. The number of rotatable bonds is 4. The van der Waals surface area contributed by atoms with Crippen LogP contribution in [-0.2, 0) is 4.79 Å². The molecule has 2 rings (SSSR count). The van der Waals surface area contributed by atoms with Gasteiger partial charge < -0.3 is 4.90 Å². The summed E-state index contributed by atoms with van der Waals surface area (Å²) >= 11 is 0. The summed E-state index contributed by atoms with van der Waals surface area (Å²) in [4.78, 5) is 14.7. The van der Waals surface area contributed by atoms with Crippen molar-refractivity contribution < 1.29 is 4.79 Å². The third kappa shape index (κ3) is 2.56. The number of nitrogens with zero attached hydrogens (tertiary/aromatic N) is 1. The zero-order chi connectivity index (χ0) is 13.1. The zero-order valence-corrected chi connectivity index (χ0v) is 12.1. The van der Waals surface area contributed by atoms with Crippen LogP contribution in [0, 0.1) is 11.8 Å². The Balaban J connectivity index is 2.03. The Morgan fingerprint density at radius 2 is 2.06 bits per heavy atom. The van der Waals surface area contributed by atoms with Gasteiger partial charge in [-0.05, 0) is 24.7 Å². The molecular formula is C15H28N2O. The van der Waals surface area contributed by atoms with Crippen LogP contribution in [0.2, 0.25) is 0 Å². The Labute approximate surface area is 111 Å². The van der Waals surface area contributed by atoms with Crippen LogP contribution in [0.15, 0.2) is 0 Å². The van der Waals surface area contributed by atoms with Crippen molar-refractivity contribution in [1.29, 1.82) is 0 Å². The molecule has 0 aromatic heterocycles. The largest absolute Gasteiger partial charge is 0.325 e. The predicted molar refractivity (Wildman–Crippen MR) is 74.1 cm³/mol. The summed E-state index contributed by atoms with van der Waals surface area (Å²) in [6, 6.07) is 0.562. The standard InChI is InChI=1S/C15H28N2O/c1-4-11(3)14-15(18)17(10-16-14)13-9-7-6-8-12(13)5-2/h11-14,16H,4-10H2,1-3H3. The van der Waals surface area contributed by atoms with E-state index in [2.05, 4.69) is 31.0 Å². The van der Waals surface area contributed by atoms with Gasteiger partial charge in [-0.1, -0.05) is 46.5 Å². The topological polar surface area (TPSA) is 32.3 Å². The Morgan fingerprint density at radius 3 is 2.72 bits per heavy atom. The minimum atomic E-state index is 0.0643. The highest BCUT2D eigenvalue weighted by molar-refractivity contribution is 5.84. The second-order valence-electron chi connectivity index (χ2n) is 6.05. The molecule has 2 aliphatic rings. The third-order valence-electron chi connectivity index (χ3n) is 5.04. The molecule has 0 bridgehead atoms. The normalized spacial score (nSPS) is 34.9. The van der Waals surface area contributed by atoms with Crippen LogP contribution in [0.3, 0.4) is 0 Å². The van der Waals surface area contributed by atoms with Crippen LogP contribution in [0.25, 0.3) is 0 Å². The quantitative estimate of drug-likeness (QED) is 0.834. The van der Waals surface area contributed by atoms with Crippen molar-refractivity contribution in [2.75, 3.05) is 6.67 Å². The molecule has 2 fully saturated rings. The molecule has 1 amide bonds. The lowest BCUT2D eigenvalue weighted by Crippen LogP contribution is -2.45. The minimum Gasteiger partial charge on any atom is -0.325 e. The summed E-state index contributed by atoms with van der Waals surface area (Å²) in [6.07, 6.45) is 7.43. The molecule has 1 saturated carbocycles. The van der Waals surface area contributed by atoms with E-state index in [9.17, 15) is 4.79 Å². The van der Waals surface area contributed by atoms with E-state index in [0.29, 0.717) is 17.9 Å². The van der Waals surface area contributed by atoms with Crippen molar-refractivity contribution in [2.45, 2.75) is 71.4 Å². The van der Waals surface area contributed by atoms with E-state index in [1.54, 1.807) is 0 Å². The molecule has 104 valence electrons. The third-order valence-corrected chi connectivity index (χ3v) is 5.04. The van der Waals surface area contributed by atoms with E-state index in [1.807, 2.05) is 0 Å². The Kier molecular flexibility index (Phi) is 4.66. The summed E-state index contributed by atoms with van der Waals surface area (Å²) in [6.45, 7) is 7.38. The van der Waals surface area contributed by atoms with Crippen LogP contribution in [0.5, 0.6) is 0 Å². The molecule has 1 heterocycles. The fraction of sp³-hybridized carbons (Fsp3) is 0.933. The lowest BCUT2D eigenvalue weighted by molar-refractivity contribution is -0.133. The first-order chi connectivity index (χ1) is 8.69. The van der Waals surface area contributed by atoms with Gasteiger partial charge in [-0.15, -0.1) is 0 Å². The molecule has 1 aliphatic heterocycles. The van der Waals surface area contributed by atoms with Gasteiger partial charge in [-0.25, -0.2) is 0 Å². The maximum absolute atomic E-state index is 12.5. The van der Waals surface area contributed by atoms with Crippen LogP contribution in [-0.4, -0.2) is 29.6 Å². The lowest BCUT2D eigenvalue weighted by atomic mass is 9.82. The highest BCUT2D eigenvalue weighted by atomic mass is 16.2. The van der Waals surface area contributed by atoms with Crippen LogP contribution < -0.4 is 5.32 Å². The number of amides is 1. The first kappa shape index (κ1) is 13.9. The number of carbonyl (C=O) groups excluding carboxylic acids is 1. The average molecular weight is 252 g/mol. The van der Waals surface area contributed by atoms with Gasteiger partial charge in [0.05, 0.1) is 12.7 Å². The maximum Gasteiger partial charge on any atom is 0.241 e. The van der Waals surface area contributed by atoms with Crippen molar-refractivity contribution in [3.05, 3.63) is 0 Å². The summed E-state index contributed by atoms with van der Waals surface area (Å²) in [7, 11) is 0. The fourth-order valence-corrected chi connectivity index (χ4v) is 3.58. The minimum absolute atomic E-state index is 0.0643. The van der Waals surface area contributed by atoms with E-state index in [0.717, 1.165) is 19.0 Å². The Morgan fingerprint density at radius 1 is 1.33 bits per heavy atom. The molecule has 18 heavy (non-hydrogen) atoms. The molecule has 0 aromatic carbocycles. The van der Waals surface area contributed by atoms with Crippen LogP contribution in [0.1, 0.15) is 59.3 Å². The number of nitrogens with one attached hydrogen (secondary N) is 1. The second kappa shape index (κ2) is 6.05. The number of carbonyl (C=O) groups is 1. The predicted octanol–water partition coefficient (Wildman–Crippen LogP) is 2.76. The van der Waals surface area contributed by atoms with E-state index < -0.39 is 0 Å². The van der Waals surface area contributed by atoms with Crippen molar-refractivity contribution in [3.8, 4) is 0 Å². The molecule has 3 heteroatoms. The molecular weight excluding hydrogens is 224 g/mol. The van der Waals surface area contributed by atoms with Crippen LogP contribution >= 0.6 is 0 Å². The van der Waals surface area contributed by atoms with E-state index >= 15 is 0 Å². The molecule has 1 aliphatic carbocycles. The highest BCUT2D eigenvalue weighted by Crippen LogP contribution is 2.32. The Bertz CT molecular complexity index is 292. The average Bonchev–Trinajstić information content (AvgIpc) is 2.79. The van der Waals surface area contributed by atoms with Crippen molar-refractivity contribution >= 4 is 5.91 Å². The molecule has 4 unspecified atom stereocenters. The van der Waals surface area contributed by atoms with Gasteiger partial charge in [0, 0.05) is 6.04 Å². The van der Waals surface area contributed by atoms with Gasteiger partial charge in [0.25, 0.3) is 0 Å². The first-order valence-corrected chi connectivity index (χ1v) is 7.72. The molecule has 3 nitrogen and oxygen atoms in total. The Hall–Kier alpha value is -0.570. The molecule has 1 N–H and O–H groups in total. The molecule has 0 spiro atoms. The van der Waals surface area contributed by atoms with Gasteiger partial charge in [-0.3, -0.25) is 10.1 Å². The molecule has 0 aromatic rings. The molecule has 1 saturated heterocycles. The summed E-state index contributed by atoms with van der Waals surface area (Å²) < 4.78 is 0. The SMILES string of the molecule is CCC(C)C1NCN(C2CCCCC2CC)C1=O. The summed E-state index contributed by atoms with van der Waals surface area (Å²) in [5, 5.41) is 3.43. The van der Waals surface area contributed by atoms with Gasteiger partial charge in [0.1, 0.15) is 0 Å². The van der Waals surface area contributed by atoms with Gasteiger partial charge in [-0.2, -0.15) is 0 Å². The molecule has 4 atom stereocenters. The van der Waals surface area contributed by atoms with Gasteiger partial charge in [0.2, 0.25) is 5.91 Å². The van der Waals surface area contributed by atoms with E-state index in [-0.39, 0.29) is 6.04 Å². The summed E-state index contributed by atoms with van der Waals surface area (Å²) in [5.41, 5.74) is 0. The van der Waals surface area contributed by atoms with Crippen molar-refractivity contribution in [2.24, 2.45) is 11.8 Å². The van der Waals surface area contributed by atoms with Gasteiger partial charge in [0.15, 0.2) is 0 Å². The first-order valence-electron chi connectivity index (χ1n) is 7.72. The van der Waals surface area contributed by atoms with Crippen LogP contribution in [0.4, 0.5) is 0 Å². The van der Waals surface area contributed by atoms with Crippen molar-refractivity contribution in [3.63, 3.8) is 0 Å². The second-order valence-corrected chi connectivity index (χ2v) is 6.05. The van der Waals surface area contributed by atoms with E-state index in [4.69, 9.17) is 0 Å². The number of hydrogen-bond acceptors (Lipinski definition) is 2.